The third kappa shape index (κ3) is 6.47. The Morgan fingerprint density at radius 3 is 2.52 bits per heavy atom. The molecule has 3 amide bonds. The van der Waals surface area contributed by atoms with Gasteiger partial charge in [-0.1, -0.05) is 6.92 Å². The standard InChI is InChI=1S/C19H26N2O6/c1-4-10-26-15-9-6-13(11-16(15)25-5-2)18(23)27-12(3)17(22)21-19(24)20-14-7-8-14/h6,9,11-12,14H,4-5,7-8,10H2,1-3H3,(H2,20,21,22,24). The molecule has 148 valence electrons. The smallest absolute Gasteiger partial charge is 0.339 e. The summed E-state index contributed by atoms with van der Waals surface area (Å²) in [5, 5.41) is 4.79. The van der Waals surface area contributed by atoms with Crippen molar-refractivity contribution >= 4 is 17.9 Å². The van der Waals surface area contributed by atoms with Crippen LogP contribution in [0.15, 0.2) is 18.2 Å². The summed E-state index contributed by atoms with van der Waals surface area (Å²) in [7, 11) is 0. The fraction of sp³-hybridized carbons (Fsp3) is 0.526. The molecule has 0 spiro atoms. The van der Waals surface area contributed by atoms with Gasteiger partial charge in [0.05, 0.1) is 18.8 Å². The van der Waals surface area contributed by atoms with E-state index in [4.69, 9.17) is 14.2 Å². The van der Waals surface area contributed by atoms with Crippen molar-refractivity contribution in [1.82, 2.24) is 10.6 Å². The average Bonchev–Trinajstić information content (AvgIpc) is 3.44. The first kappa shape index (κ1) is 20.5. The highest BCUT2D eigenvalue weighted by Gasteiger charge is 2.26. The van der Waals surface area contributed by atoms with E-state index in [9.17, 15) is 14.4 Å². The van der Waals surface area contributed by atoms with Crippen LogP contribution in [0.25, 0.3) is 0 Å². The summed E-state index contributed by atoms with van der Waals surface area (Å²) in [6, 6.07) is 4.23. The predicted molar refractivity (Wildman–Crippen MR) is 98.0 cm³/mol. The number of amides is 3. The Kier molecular flexibility index (Phi) is 7.45. The number of imide groups is 1. The number of esters is 1. The molecule has 0 radical (unpaired) electrons. The Bertz CT molecular complexity index is 687. The van der Waals surface area contributed by atoms with E-state index in [0.29, 0.717) is 24.7 Å². The van der Waals surface area contributed by atoms with Crippen LogP contribution in [0, 0.1) is 0 Å². The van der Waals surface area contributed by atoms with E-state index in [1.165, 1.54) is 13.0 Å². The number of hydrogen-bond donors (Lipinski definition) is 2. The molecular formula is C19H26N2O6. The van der Waals surface area contributed by atoms with Gasteiger partial charge in [0.25, 0.3) is 5.91 Å². The van der Waals surface area contributed by atoms with Crippen molar-refractivity contribution in [3.05, 3.63) is 23.8 Å². The van der Waals surface area contributed by atoms with Gasteiger partial charge in [0.15, 0.2) is 17.6 Å². The molecule has 2 N–H and O–H groups in total. The molecule has 1 aromatic rings. The zero-order valence-corrected chi connectivity index (χ0v) is 15.9. The van der Waals surface area contributed by atoms with E-state index < -0.39 is 24.0 Å². The second-order valence-corrected chi connectivity index (χ2v) is 6.23. The summed E-state index contributed by atoms with van der Waals surface area (Å²) >= 11 is 0. The normalized spacial score (nSPS) is 14.0. The molecule has 2 rings (SSSR count). The summed E-state index contributed by atoms with van der Waals surface area (Å²) in [5.41, 5.74) is 0.226. The molecule has 0 heterocycles. The maximum Gasteiger partial charge on any atom is 0.339 e. The van der Waals surface area contributed by atoms with Crippen LogP contribution in [0.4, 0.5) is 4.79 Å². The molecule has 1 aliphatic carbocycles. The van der Waals surface area contributed by atoms with Crippen molar-refractivity contribution in [2.75, 3.05) is 13.2 Å². The number of urea groups is 1. The van der Waals surface area contributed by atoms with Crippen molar-refractivity contribution in [2.45, 2.75) is 52.2 Å². The molecule has 0 saturated heterocycles. The van der Waals surface area contributed by atoms with Crippen molar-refractivity contribution in [3.63, 3.8) is 0 Å². The first-order valence-electron chi connectivity index (χ1n) is 9.16. The number of nitrogens with one attached hydrogen (secondary N) is 2. The van der Waals surface area contributed by atoms with Crippen molar-refractivity contribution in [2.24, 2.45) is 0 Å². The topological polar surface area (TPSA) is 103 Å². The van der Waals surface area contributed by atoms with Gasteiger partial charge in [-0.25, -0.2) is 9.59 Å². The first-order valence-corrected chi connectivity index (χ1v) is 9.16. The molecule has 1 aliphatic rings. The molecule has 0 bridgehead atoms. The third-order valence-corrected chi connectivity index (χ3v) is 3.74. The van der Waals surface area contributed by atoms with E-state index in [-0.39, 0.29) is 11.6 Å². The Hall–Kier alpha value is -2.77. The Balaban J connectivity index is 1.95. The minimum Gasteiger partial charge on any atom is -0.490 e. The van der Waals surface area contributed by atoms with Gasteiger partial charge < -0.3 is 19.5 Å². The Morgan fingerprint density at radius 1 is 1.15 bits per heavy atom. The minimum atomic E-state index is -1.12. The van der Waals surface area contributed by atoms with Crippen LogP contribution in [0.3, 0.4) is 0 Å². The lowest BCUT2D eigenvalue weighted by Gasteiger charge is -2.15. The summed E-state index contributed by atoms with van der Waals surface area (Å²) in [6.45, 7) is 6.16. The SMILES string of the molecule is CCCOc1ccc(C(=O)OC(C)C(=O)NC(=O)NC2CC2)cc1OCC. The average molecular weight is 378 g/mol. The van der Waals surface area contributed by atoms with Gasteiger partial charge >= 0.3 is 12.0 Å². The largest absolute Gasteiger partial charge is 0.490 e. The number of hydrogen-bond acceptors (Lipinski definition) is 6. The van der Waals surface area contributed by atoms with E-state index in [0.717, 1.165) is 19.3 Å². The third-order valence-electron chi connectivity index (χ3n) is 3.74. The molecule has 1 saturated carbocycles. The second kappa shape index (κ2) is 9.80. The van der Waals surface area contributed by atoms with Crippen LogP contribution in [0.5, 0.6) is 11.5 Å². The molecule has 8 nitrogen and oxygen atoms in total. The van der Waals surface area contributed by atoms with Crippen LogP contribution in [0.2, 0.25) is 0 Å². The lowest BCUT2D eigenvalue weighted by Crippen LogP contribution is -2.45. The molecule has 1 aromatic carbocycles. The van der Waals surface area contributed by atoms with Crippen LogP contribution in [-0.4, -0.2) is 43.3 Å². The highest BCUT2D eigenvalue weighted by molar-refractivity contribution is 5.98. The Morgan fingerprint density at radius 2 is 1.89 bits per heavy atom. The molecule has 27 heavy (non-hydrogen) atoms. The quantitative estimate of drug-likeness (QED) is 0.640. The second-order valence-electron chi connectivity index (χ2n) is 6.23. The summed E-state index contributed by atoms with van der Waals surface area (Å²) < 4.78 is 16.2. The lowest BCUT2D eigenvalue weighted by atomic mass is 10.2. The summed E-state index contributed by atoms with van der Waals surface area (Å²) in [4.78, 5) is 35.9. The van der Waals surface area contributed by atoms with Crippen LogP contribution in [0.1, 0.15) is 50.4 Å². The number of benzene rings is 1. The van der Waals surface area contributed by atoms with Crippen LogP contribution in [-0.2, 0) is 9.53 Å². The minimum absolute atomic E-state index is 0.126. The maximum atomic E-state index is 12.3. The molecule has 1 atom stereocenters. The highest BCUT2D eigenvalue weighted by Crippen LogP contribution is 2.29. The van der Waals surface area contributed by atoms with Gasteiger partial charge in [-0.15, -0.1) is 0 Å². The summed E-state index contributed by atoms with van der Waals surface area (Å²) in [6.07, 6.45) is 1.54. The van der Waals surface area contributed by atoms with Gasteiger partial charge in [-0.2, -0.15) is 0 Å². The van der Waals surface area contributed by atoms with Gasteiger partial charge in [0.1, 0.15) is 0 Å². The molecule has 1 fully saturated rings. The molecule has 0 aromatic heterocycles. The van der Waals surface area contributed by atoms with Gasteiger partial charge in [-0.3, -0.25) is 10.1 Å². The van der Waals surface area contributed by atoms with E-state index in [1.807, 2.05) is 13.8 Å². The maximum absolute atomic E-state index is 12.3. The van der Waals surface area contributed by atoms with Gasteiger partial charge in [-0.05, 0) is 51.3 Å². The molecule has 1 unspecified atom stereocenters. The molecule has 8 heteroatoms. The van der Waals surface area contributed by atoms with Crippen molar-refractivity contribution < 1.29 is 28.6 Å². The monoisotopic (exact) mass is 378 g/mol. The fourth-order valence-corrected chi connectivity index (χ4v) is 2.18. The molecule has 0 aliphatic heterocycles. The molecular weight excluding hydrogens is 352 g/mol. The zero-order chi connectivity index (χ0) is 19.8. The number of carbonyl (C=O) groups excluding carboxylic acids is 3. The lowest BCUT2D eigenvalue weighted by molar-refractivity contribution is -0.127. The number of carbonyl (C=O) groups is 3. The fourth-order valence-electron chi connectivity index (χ4n) is 2.18. The number of rotatable bonds is 9. The number of ether oxygens (including phenoxy) is 3. The Labute approximate surface area is 158 Å². The van der Waals surface area contributed by atoms with E-state index in [2.05, 4.69) is 10.6 Å². The van der Waals surface area contributed by atoms with Crippen molar-refractivity contribution in [1.29, 1.82) is 0 Å². The van der Waals surface area contributed by atoms with E-state index >= 15 is 0 Å². The van der Waals surface area contributed by atoms with Gasteiger partial charge in [0.2, 0.25) is 0 Å². The van der Waals surface area contributed by atoms with Gasteiger partial charge in [0, 0.05) is 6.04 Å². The van der Waals surface area contributed by atoms with E-state index in [1.54, 1.807) is 12.1 Å². The van der Waals surface area contributed by atoms with Crippen molar-refractivity contribution in [3.8, 4) is 11.5 Å². The predicted octanol–water partition coefficient (Wildman–Crippen LogP) is 2.41. The summed E-state index contributed by atoms with van der Waals surface area (Å²) in [5.74, 6) is -0.406. The first-order chi connectivity index (χ1) is 12.9. The van der Waals surface area contributed by atoms with Crippen LogP contribution >= 0.6 is 0 Å². The highest BCUT2D eigenvalue weighted by atomic mass is 16.5. The zero-order valence-electron chi connectivity index (χ0n) is 15.9. The van der Waals surface area contributed by atoms with Crippen LogP contribution < -0.4 is 20.1 Å².